The first-order valence-electron chi connectivity index (χ1n) is 5.84. The molecule has 0 atom stereocenters. The molecule has 0 aliphatic rings. The fourth-order valence-electron chi connectivity index (χ4n) is 2.01. The van der Waals surface area contributed by atoms with Crippen molar-refractivity contribution < 1.29 is 4.39 Å². The highest BCUT2D eigenvalue weighted by atomic mass is 19.1. The molecule has 0 aliphatic heterocycles. The Bertz CT molecular complexity index is 632. The summed E-state index contributed by atoms with van der Waals surface area (Å²) in [6.07, 6.45) is 1.36. The maximum atomic E-state index is 13.4. The molecule has 0 amide bonds. The molecule has 1 aromatic carbocycles. The van der Waals surface area contributed by atoms with Crippen LogP contribution in [0.5, 0.6) is 0 Å². The number of rotatable bonds is 2. The van der Waals surface area contributed by atoms with Gasteiger partial charge in [-0.2, -0.15) is 0 Å². The highest BCUT2D eigenvalue weighted by Gasteiger charge is 2.16. The van der Waals surface area contributed by atoms with Crippen LogP contribution in [0.3, 0.4) is 0 Å². The molecular formula is C14H15FN2O. The Morgan fingerprint density at radius 2 is 2.06 bits per heavy atom. The van der Waals surface area contributed by atoms with E-state index in [4.69, 9.17) is 0 Å². The minimum atomic E-state index is -0.326. The van der Waals surface area contributed by atoms with E-state index in [0.717, 1.165) is 5.56 Å². The Labute approximate surface area is 105 Å². The van der Waals surface area contributed by atoms with Crippen LogP contribution >= 0.6 is 0 Å². The summed E-state index contributed by atoms with van der Waals surface area (Å²) in [5, 5.41) is 0. The Kier molecular flexibility index (Phi) is 3.28. The molecule has 1 N–H and O–H groups in total. The van der Waals surface area contributed by atoms with E-state index in [1.807, 2.05) is 20.8 Å². The Morgan fingerprint density at radius 3 is 2.72 bits per heavy atom. The van der Waals surface area contributed by atoms with E-state index < -0.39 is 0 Å². The molecule has 2 aromatic rings. The van der Waals surface area contributed by atoms with Crippen LogP contribution in [0.4, 0.5) is 4.39 Å². The minimum absolute atomic E-state index is 0.0279. The molecule has 1 heterocycles. The fourth-order valence-corrected chi connectivity index (χ4v) is 2.01. The van der Waals surface area contributed by atoms with Gasteiger partial charge in [0.25, 0.3) is 5.56 Å². The normalized spacial score (nSPS) is 10.9. The number of nitrogens with zero attached hydrogens (tertiary/aromatic N) is 1. The molecule has 1 aromatic heterocycles. The number of aromatic nitrogens is 2. The number of aromatic amines is 1. The minimum Gasteiger partial charge on any atom is -0.313 e. The zero-order chi connectivity index (χ0) is 13.3. The summed E-state index contributed by atoms with van der Waals surface area (Å²) in [4.78, 5) is 18.6. The smallest absolute Gasteiger partial charge is 0.254 e. The number of hydrogen-bond donors (Lipinski definition) is 1. The molecule has 0 saturated heterocycles. The molecule has 0 unspecified atom stereocenters. The van der Waals surface area contributed by atoms with E-state index in [-0.39, 0.29) is 17.3 Å². The van der Waals surface area contributed by atoms with Gasteiger partial charge in [-0.05, 0) is 30.5 Å². The standard InChI is InChI=1S/C14H15FN2O/c1-8(2)12-13(16-7-17-14(12)18)11-6-10(15)5-4-9(11)3/h4-8H,1-3H3,(H,16,17,18). The lowest BCUT2D eigenvalue weighted by Gasteiger charge is -2.12. The Hall–Kier alpha value is -1.97. The first-order valence-corrected chi connectivity index (χ1v) is 5.84. The third-order valence-electron chi connectivity index (χ3n) is 2.92. The van der Waals surface area contributed by atoms with Crippen LogP contribution < -0.4 is 5.56 Å². The van der Waals surface area contributed by atoms with Gasteiger partial charge in [0.15, 0.2) is 0 Å². The molecule has 0 aliphatic carbocycles. The lowest BCUT2D eigenvalue weighted by molar-refractivity contribution is 0.627. The third kappa shape index (κ3) is 2.18. The van der Waals surface area contributed by atoms with Gasteiger partial charge in [-0.15, -0.1) is 0 Å². The highest BCUT2D eigenvalue weighted by molar-refractivity contribution is 5.66. The summed E-state index contributed by atoms with van der Waals surface area (Å²) < 4.78 is 13.4. The number of nitrogens with one attached hydrogen (secondary N) is 1. The van der Waals surface area contributed by atoms with Crippen molar-refractivity contribution in [3.63, 3.8) is 0 Å². The van der Waals surface area contributed by atoms with E-state index >= 15 is 0 Å². The number of halogens is 1. The predicted molar refractivity (Wildman–Crippen MR) is 69.1 cm³/mol. The van der Waals surface area contributed by atoms with Crippen LogP contribution in [0.1, 0.15) is 30.9 Å². The summed E-state index contributed by atoms with van der Waals surface area (Å²) in [7, 11) is 0. The van der Waals surface area contributed by atoms with Crippen LogP contribution in [0.25, 0.3) is 11.3 Å². The van der Waals surface area contributed by atoms with Gasteiger partial charge < -0.3 is 4.98 Å². The number of benzene rings is 1. The van der Waals surface area contributed by atoms with Crippen molar-refractivity contribution in [2.45, 2.75) is 26.7 Å². The Morgan fingerprint density at radius 1 is 1.33 bits per heavy atom. The summed E-state index contributed by atoms with van der Waals surface area (Å²) >= 11 is 0. The summed E-state index contributed by atoms with van der Waals surface area (Å²) in [5.41, 5.74) is 2.55. The summed E-state index contributed by atoms with van der Waals surface area (Å²) in [6, 6.07) is 4.52. The van der Waals surface area contributed by atoms with Gasteiger partial charge in [-0.3, -0.25) is 4.79 Å². The summed E-state index contributed by atoms with van der Waals surface area (Å²) in [5.74, 6) is -0.299. The van der Waals surface area contributed by atoms with Crippen molar-refractivity contribution in [1.29, 1.82) is 0 Å². The molecule has 3 nitrogen and oxygen atoms in total. The zero-order valence-corrected chi connectivity index (χ0v) is 10.6. The van der Waals surface area contributed by atoms with Crippen molar-refractivity contribution in [3.8, 4) is 11.3 Å². The van der Waals surface area contributed by atoms with Crippen molar-refractivity contribution in [1.82, 2.24) is 9.97 Å². The van der Waals surface area contributed by atoms with Crippen molar-refractivity contribution >= 4 is 0 Å². The molecule has 0 spiro atoms. The second kappa shape index (κ2) is 4.72. The first-order chi connectivity index (χ1) is 8.50. The van der Waals surface area contributed by atoms with E-state index in [2.05, 4.69) is 9.97 Å². The van der Waals surface area contributed by atoms with Crippen LogP contribution in [0.15, 0.2) is 29.3 Å². The van der Waals surface area contributed by atoms with E-state index in [9.17, 15) is 9.18 Å². The third-order valence-corrected chi connectivity index (χ3v) is 2.92. The van der Waals surface area contributed by atoms with Crippen molar-refractivity contribution in [2.75, 3.05) is 0 Å². The van der Waals surface area contributed by atoms with Crippen LogP contribution in [0, 0.1) is 12.7 Å². The second-order valence-electron chi connectivity index (χ2n) is 4.61. The molecule has 0 saturated carbocycles. The van der Waals surface area contributed by atoms with E-state index in [1.165, 1.54) is 18.5 Å². The molecule has 2 rings (SSSR count). The van der Waals surface area contributed by atoms with Gasteiger partial charge in [0.05, 0.1) is 12.0 Å². The summed E-state index contributed by atoms with van der Waals surface area (Å²) in [6.45, 7) is 5.72. The monoisotopic (exact) mass is 246 g/mol. The van der Waals surface area contributed by atoms with Gasteiger partial charge in [0, 0.05) is 11.1 Å². The maximum absolute atomic E-state index is 13.4. The van der Waals surface area contributed by atoms with Gasteiger partial charge in [0.1, 0.15) is 5.82 Å². The first kappa shape index (κ1) is 12.5. The fraction of sp³-hybridized carbons (Fsp3) is 0.286. The van der Waals surface area contributed by atoms with Crippen molar-refractivity contribution in [3.05, 3.63) is 51.8 Å². The van der Waals surface area contributed by atoms with Crippen LogP contribution in [-0.4, -0.2) is 9.97 Å². The van der Waals surface area contributed by atoms with E-state index in [1.54, 1.807) is 6.07 Å². The van der Waals surface area contributed by atoms with Gasteiger partial charge in [-0.1, -0.05) is 19.9 Å². The quantitative estimate of drug-likeness (QED) is 0.885. The second-order valence-corrected chi connectivity index (χ2v) is 4.61. The molecule has 18 heavy (non-hydrogen) atoms. The van der Waals surface area contributed by atoms with Crippen LogP contribution in [-0.2, 0) is 0 Å². The Balaban J connectivity index is 2.75. The predicted octanol–water partition coefficient (Wildman–Crippen LogP) is 3.01. The molecule has 4 heteroatoms. The number of aryl methyl sites for hydroxylation is 1. The van der Waals surface area contributed by atoms with Gasteiger partial charge >= 0.3 is 0 Å². The highest BCUT2D eigenvalue weighted by Crippen LogP contribution is 2.27. The van der Waals surface area contributed by atoms with Crippen LogP contribution in [0.2, 0.25) is 0 Å². The van der Waals surface area contributed by atoms with E-state index in [0.29, 0.717) is 16.8 Å². The number of hydrogen-bond acceptors (Lipinski definition) is 2. The molecule has 0 fully saturated rings. The average Bonchev–Trinajstić information content (AvgIpc) is 2.31. The number of H-pyrrole nitrogens is 1. The van der Waals surface area contributed by atoms with Gasteiger partial charge in [-0.25, -0.2) is 9.37 Å². The topological polar surface area (TPSA) is 45.8 Å². The largest absolute Gasteiger partial charge is 0.313 e. The average molecular weight is 246 g/mol. The zero-order valence-electron chi connectivity index (χ0n) is 10.6. The lowest BCUT2D eigenvalue weighted by Crippen LogP contribution is -2.16. The molecule has 94 valence electrons. The maximum Gasteiger partial charge on any atom is 0.254 e. The lowest BCUT2D eigenvalue weighted by atomic mass is 9.96. The molecule has 0 bridgehead atoms. The SMILES string of the molecule is Cc1ccc(F)cc1-c1nc[nH]c(=O)c1C(C)C. The van der Waals surface area contributed by atoms with Gasteiger partial charge in [0.2, 0.25) is 0 Å². The van der Waals surface area contributed by atoms with Crippen molar-refractivity contribution in [2.24, 2.45) is 0 Å². The molecule has 0 radical (unpaired) electrons. The molecular weight excluding hydrogens is 231 g/mol.